The Kier molecular flexibility index (Phi) is 7.35. The number of fused-ring (bicyclic) bond motifs is 1. The molecule has 1 aliphatic carbocycles. The molecule has 1 saturated carbocycles. The van der Waals surface area contributed by atoms with E-state index in [2.05, 4.69) is 5.32 Å². The SMILES string of the molecule is CCC(=O)N1CCc2cc(S(=O)(=O)CCC(=O)NCC3CCC(C(=O)O)CC3)ccc21. The summed E-state index contributed by atoms with van der Waals surface area (Å²) in [5, 5.41) is 11.8. The van der Waals surface area contributed by atoms with Crippen molar-refractivity contribution in [2.75, 3.05) is 23.7 Å². The third-order valence-electron chi connectivity index (χ3n) is 6.29. The molecule has 0 aromatic heterocycles. The van der Waals surface area contributed by atoms with Crippen LogP contribution in [0.15, 0.2) is 23.1 Å². The van der Waals surface area contributed by atoms with E-state index >= 15 is 0 Å². The highest BCUT2D eigenvalue weighted by atomic mass is 32.2. The molecular weight excluding hydrogens is 420 g/mol. The average Bonchev–Trinajstić information content (AvgIpc) is 3.19. The molecule has 2 N–H and O–H groups in total. The van der Waals surface area contributed by atoms with Gasteiger partial charge in [0.15, 0.2) is 9.84 Å². The number of carbonyl (C=O) groups excluding carboxylic acids is 2. The van der Waals surface area contributed by atoms with Gasteiger partial charge >= 0.3 is 5.97 Å². The molecule has 1 heterocycles. The maximum absolute atomic E-state index is 12.7. The molecule has 1 fully saturated rings. The van der Waals surface area contributed by atoms with Crippen LogP contribution >= 0.6 is 0 Å². The maximum atomic E-state index is 12.7. The Balaban J connectivity index is 1.49. The number of carboxylic acids is 1. The summed E-state index contributed by atoms with van der Waals surface area (Å²) in [6.45, 7) is 2.80. The van der Waals surface area contributed by atoms with Gasteiger partial charge in [-0.2, -0.15) is 0 Å². The van der Waals surface area contributed by atoms with Gasteiger partial charge in [0, 0.05) is 31.6 Å². The van der Waals surface area contributed by atoms with E-state index in [1.807, 2.05) is 0 Å². The molecule has 0 saturated heterocycles. The largest absolute Gasteiger partial charge is 0.481 e. The number of amides is 2. The second kappa shape index (κ2) is 9.80. The topological polar surface area (TPSA) is 121 Å². The summed E-state index contributed by atoms with van der Waals surface area (Å²) in [5.41, 5.74) is 1.60. The Labute approximate surface area is 182 Å². The number of carboxylic acid groups (broad SMARTS) is 1. The lowest BCUT2D eigenvalue weighted by Crippen LogP contribution is -2.33. The lowest BCUT2D eigenvalue weighted by molar-refractivity contribution is -0.143. The van der Waals surface area contributed by atoms with Gasteiger partial charge in [-0.25, -0.2) is 8.42 Å². The zero-order chi connectivity index (χ0) is 22.6. The molecule has 9 heteroatoms. The highest BCUT2D eigenvalue weighted by Gasteiger charge is 2.27. The molecule has 31 heavy (non-hydrogen) atoms. The third kappa shape index (κ3) is 5.64. The highest BCUT2D eigenvalue weighted by molar-refractivity contribution is 7.91. The molecule has 8 nitrogen and oxygen atoms in total. The van der Waals surface area contributed by atoms with Gasteiger partial charge in [-0.3, -0.25) is 14.4 Å². The normalized spacial score (nSPS) is 20.9. The van der Waals surface area contributed by atoms with E-state index in [-0.39, 0.29) is 40.7 Å². The Morgan fingerprint density at radius 3 is 2.52 bits per heavy atom. The summed E-state index contributed by atoms with van der Waals surface area (Å²) in [4.78, 5) is 37.0. The number of sulfone groups is 1. The predicted octanol–water partition coefficient (Wildman–Crippen LogP) is 2.16. The van der Waals surface area contributed by atoms with Gasteiger partial charge in [0.1, 0.15) is 0 Å². The number of nitrogens with zero attached hydrogens (tertiary/aromatic N) is 1. The standard InChI is InChI=1S/C22H30N2O6S/c1-2-21(26)24-11-9-17-13-18(7-8-19(17)24)31(29,30)12-10-20(25)23-14-15-3-5-16(6-4-15)22(27)28/h7-8,13,15-16H,2-6,9-12,14H2,1H3,(H,23,25)(H,27,28). The van der Waals surface area contributed by atoms with E-state index < -0.39 is 15.8 Å². The third-order valence-corrected chi connectivity index (χ3v) is 8.00. The van der Waals surface area contributed by atoms with Crippen LogP contribution < -0.4 is 10.2 Å². The lowest BCUT2D eigenvalue weighted by Gasteiger charge is -2.26. The Hall–Kier alpha value is -2.42. The van der Waals surface area contributed by atoms with Crippen LogP contribution in [0.2, 0.25) is 0 Å². The van der Waals surface area contributed by atoms with Crippen LogP contribution in [-0.4, -0.2) is 50.2 Å². The molecule has 2 amide bonds. The first-order valence-electron chi connectivity index (χ1n) is 10.9. The van der Waals surface area contributed by atoms with Gasteiger partial charge in [0.25, 0.3) is 0 Å². The van der Waals surface area contributed by atoms with Gasteiger partial charge in [-0.1, -0.05) is 6.92 Å². The van der Waals surface area contributed by atoms with Crippen LogP contribution in [-0.2, 0) is 30.6 Å². The maximum Gasteiger partial charge on any atom is 0.306 e. The predicted molar refractivity (Wildman–Crippen MR) is 116 cm³/mol. The Morgan fingerprint density at radius 1 is 1.16 bits per heavy atom. The molecule has 3 rings (SSSR count). The summed E-state index contributed by atoms with van der Waals surface area (Å²) in [6, 6.07) is 4.80. The van der Waals surface area contributed by atoms with E-state index in [4.69, 9.17) is 5.11 Å². The number of hydrogen-bond acceptors (Lipinski definition) is 5. The molecular formula is C22H30N2O6S. The first-order chi connectivity index (χ1) is 14.7. The number of anilines is 1. The van der Waals surface area contributed by atoms with Crippen LogP contribution in [0, 0.1) is 11.8 Å². The van der Waals surface area contributed by atoms with Gasteiger partial charge < -0.3 is 15.3 Å². The van der Waals surface area contributed by atoms with Crippen molar-refractivity contribution in [1.82, 2.24) is 5.32 Å². The van der Waals surface area contributed by atoms with Crippen molar-refractivity contribution in [3.05, 3.63) is 23.8 Å². The van der Waals surface area contributed by atoms with Gasteiger partial charge in [0.2, 0.25) is 11.8 Å². The van der Waals surface area contributed by atoms with E-state index in [1.165, 1.54) is 6.07 Å². The summed E-state index contributed by atoms with van der Waals surface area (Å²) >= 11 is 0. The van der Waals surface area contributed by atoms with Crippen molar-refractivity contribution >= 4 is 33.3 Å². The minimum atomic E-state index is -3.61. The smallest absolute Gasteiger partial charge is 0.306 e. The first-order valence-corrected chi connectivity index (χ1v) is 12.5. The fourth-order valence-corrected chi connectivity index (χ4v) is 5.61. The second-order valence-electron chi connectivity index (χ2n) is 8.37. The molecule has 1 aromatic carbocycles. The van der Waals surface area contributed by atoms with E-state index in [1.54, 1.807) is 24.0 Å². The second-order valence-corrected chi connectivity index (χ2v) is 10.5. The minimum absolute atomic E-state index is 0.0162. The fourth-order valence-electron chi connectivity index (χ4n) is 4.33. The molecule has 1 aliphatic heterocycles. The molecule has 2 aliphatic rings. The zero-order valence-corrected chi connectivity index (χ0v) is 18.6. The van der Waals surface area contributed by atoms with Crippen LogP contribution in [0.4, 0.5) is 5.69 Å². The van der Waals surface area contributed by atoms with Crippen molar-refractivity contribution in [3.63, 3.8) is 0 Å². The first kappa shape index (κ1) is 23.2. The van der Waals surface area contributed by atoms with Gasteiger partial charge in [-0.05, 0) is 61.8 Å². The highest BCUT2D eigenvalue weighted by Crippen LogP contribution is 2.31. The molecule has 170 valence electrons. The van der Waals surface area contributed by atoms with E-state index in [9.17, 15) is 22.8 Å². The monoisotopic (exact) mass is 450 g/mol. The minimum Gasteiger partial charge on any atom is -0.481 e. The van der Waals surface area contributed by atoms with Crippen molar-refractivity contribution in [2.45, 2.75) is 56.8 Å². The van der Waals surface area contributed by atoms with E-state index in [0.717, 1.165) is 24.1 Å². The van der Waals surface area contributed by atoms with Crippen LogP contribution in [0.25, 0.3) is 0 Å². The summed E-state index contributed by atoms with van der Waals surface area (Å²) in [5.74, 6) is -1.39. The average molecular weight is 451 g/mol. The summed E-state index contributed by atoms with van der Waals surface area (Å²) in [6.07, 6.45) is 3.63. The Bertz CT molecular complexity index is 951. The number of aliphatic carboxylic acids is 1. The van der Waals surface area contributed by atoms with E-state index in [0.29, 0.717) is 38.8 Å². The Morgan fingerprint density at radius 2 is 1.87 bits per heavy atom. The fraction of sp³-hybridized carbons (Fsp3) is 0.591. The number of rotatable bonds is 8. The van der Waals surface area contributed by atoms with Crippen LogP contribution in [0.3, 0.4) is 0 Å². The zero-order valence-electron chi connectivity index (χ0n) is 17.8. The number of carbonyl (C=O) groups is 3. The van der Waals surface area contributed by atoms with Crippen molar-refractivity contribution < 1.29 is 27.9 Å². The molecule has 0 radical (unpaired) electrons. The number of benzene rings is 1. The van der Waals surface area contributed by atoms with Crippen LogP contribution in [0.1, 0.15) is 51.0 Å². The molecule has 0 atom stereocenters. The molecule has 0 spiro atoms. The summed E-state index contributed by atoms with van der Waals surface area (Å²) in [7, 11) is -3.61. The molecule has 0 bridgehead atoms. The summed E-state index contributed by atoms with van der Waals surface area (Å²) < 4.78 is 25.4. The molecule has 1 aromatic rings. The molecule has 0 unspecified atom stereocenters. The van der Waals surface area contributed by atoms with Crippen molar-refractivity contribution in [1.29, 1.82) is 0 Å². The van der Waals surface area contributed by atoms with Gasteiger partial charge in [-0.15, -0.1) is 0 Å². The number of nitrogens with one attached hydrogen (secondary N) is 1. The quantitative estimate of drug-likeness (QED) is 0.626. The van der Waals surface area contributed by atoms with Crippen LogP contribution in [0.5, 0.6) is 0 Å². The van der Waals surface area contributed by atoms with Crippen molar-refractivity contribution in [3.8, 4) is 0 Å². The van der Waals surface area contributed by atoms with Crippen molar-refractivity contribution in [2.24, 2.45) is 11.8 Å². The van der Waals surface area contributed by atoms with Gasteiger partial charge in [0.05, 0.1) is 16.6 Å². The number of hydrogen-bond donors (Lipinski definition) is 2. The lowest BCUT2D eigenvalue weighted by atomic mass is 9.82.